The van der Waals surface area contributed by atoms with Crippen LogP contribution in [0.3, 0.4) is 0 Å². The topological polar surface area (TPSA) is 78.9 Å². The van der Waals surface area contributed by atoms with Gasteiger partial charge in [0.25, 0.3) is 0 Å². The highest BCUT2D eigenvalue weighted by Crippen LogP contribution is 2.17. The molecular weight excluding hydrogens is 961 g/mol. The lowest BCUT2D eigenvalue weighted by molar-refractivity contribution is -0.167. The maximum atomic E-state index is 12.9. The second kappa shape index (κ2) is 66.6. The van der Waals surface area contributed by atoms with Crippen molar-refractivity contribution in [3.63, 3.8) is 0 Å². The zero-order valence-corrected chi connectivity index (χ0v) is 52.2. The summed E-state index contributed by atoms with van der Waals surface area (Å²) in [6, 6.07) is 0. The number of esters is 3. The maximum absolute atomic E-state index is 12.9. The van der Waals surface area contributed by atoms with Crippen LogP contribution in [0.5, 0.6) is 0 Å². The van der Waals surface area contributed by atoms with Gasteiger partial charge in [-0.2, -0.15) is 0 Å². The fourth-order valence-electron chi connectivity index (χ4n) is 10.1. The third-order valence-electron chi connectivity index (χ3n) is 15.2. The molecule has 0 aromatic rings. The minimum atomic E-state index is -0.773. The Morgan fingerprint density at radius 3 is 0.718 bits per heavy atom. The Labute approximate surface area is 485 Å². The first-order valence-electron chi connectivity index (χ1n) is 34.3. The van der Waals surface area contributed by atoms with E-state index in [1.807, 2.05) is 0 Å². The van der Waals surface area contributed by atoms with Crippen molar-refractivity contribution in [2.75, 3.05) is 13.2 Å². The van der Waals surface area contributed by atoms with Crippen LogP contribution in [0.15, 0.2) is 60.8 Å². The molecule has 0 amide bonds. The van der Waals surface area contributed by atoms with E-state index in [1.54, 1.807) is 0 Å². The standard InChI is InChI=1S/C72H130O6/c1-4-7-10-13-16-19-21-23-25-27-29-31-33-35-36-38-39-41-43-45-47-49-51-53-56-59-62-65-71(74)77-68-69(67-76-70(73)64-61-58-55-18-15-12-9-6-3)78-72(75)66-63-60-57-54-52-50-48-46-44-42-40-37-34-32-30-28-26-24-22-20-17-14-11-8-5-2/h21-24,27-30,33,35,69H,4-20,25-26,31-32,34,36-68H2,1-3H3/b23-21-,24-22-,29-27-,30-28-,35-33-. The SMILES string of the molecule is CCCCCCC/C=C\C/C=C\C/C=C\CCCCCCCCCCCCCCC(=O)OCC(COC(=O)CCCCCCCCCC)OC(=O)CCCCCCCCCCCCCCC/C=C\C/C=C\CCCCCCC. The quantitative estimate of drug-likeness (QED) is 0.0261. The van der Waals surface area contributed by atoms with Gasteiger partial charge in [-0.3, -0.25) is 14.4 Å². The van der Waals surface area contributed by atoms with Crippen LogP contribution < -0.4 is 0 Å². The Morgan fingerprint density at radius 2 is 0.462 bits per heavy atom. The zero-order valence-electron chi connectivity index (χ0n) is 52.2. The Hall–Kier alpha value is -2.89. The first-order valence-corrected chi connectivity index (χ1v) is 34.3. The van der Waals surface area contributed by atoms with Crippen LogP contribution in [0, 0.1) is 0 Å². The normalized spacial score (nSPS) is 12.4. The van der Waals surface area contributed by atoms with Crippen LogP contribution in [0.4, 0.5) is 0 Å². The lowest BCUT2D eigenvalue weighted by atomic mass is 10.0. The largest absolute Gasteiger partial charge is 0.462 e. The van der Waals surface area contributed by atoms with Crippen molar-refractivity contribution < 1.29 is 28.6 Å². The Kier molecular flexibility index (Phi) is 64.2. The van der Waals surface area contributed by atoms with Crippen molar-refractivity contribution >= 4 is 17.9 Å². The molecule has 0 spiro atoms. The van der Waals surface area contributed by atoms with Crippen LogP contribution in [0.2, 0.25) is 0 Å². The zero-order chi connectivity index (χ0) is 56.4. The minimum absolute atomic E-state index is 0.0714. The molecular formula is C72H130O6. The van der Waals surface area contributed by atoms with Crippen LogP contribution >= 0.6 is 0 Å². The Morgan fingerprint density at radius 1 is 0.256 bits per heavy atom. The van der Waals surface area contributed by atoms with Gasteiger partial charge in [-0.05, 0) is 89.9 Å². The molecule has 0 aromatic carbocycles. The summed E-state index contributed by atoms with van der Waals surface area (Å²) in [4.78, 5) is 38.2. The fraction of sp³-hybridized carbons (Fsp3) is 0.819. The second-order valence-electron chi connectivity index (χ2n) is 23.1. The number of allylic oxidation sites excluding steroid dienone is 10. The predicted octanol–water partition coefficient (Wildman–Crippen LogP) is 23.5. The summed E-state index contributed by atoms with van der Waals surface area (Å²) >= 11 is 0. The molecule has 0 rings (SSSR count). The van der Waals surface area contributed by atoms with E-state index in [9.17, 15) is 14.4 Å². The molecule has 0 bridgehead atoms. The molecule has 0 aliphatic carbocycles. The summed E-state index contributed by atoms with van der Waals surface area (Å²) in [6.07, 6.45) is 85.4. The molecule has 6 nitrogen and oxygen atoms in total. The van der Waals surface area contributed by atoms with E-state index in [0.29, 0.717) is 19.3 Å². The third kappa shape index (κ3) is 63.9. The predicted molar refractivity (Wildman–Crippen MR) is 339 cm³/mol. The summed E-state index contributed by atoms with van der Waals surface area (Å²) in [6.45, 7) is 6.63. The lowest BCUT2D eigenvalue weighted by Gasteiger charge is -2.18. The molecule has 0 fully saturated rings. The molecule has 454 valence electrons. The van der Waals surface area contributed by atoms with Gasteiger partial charge in [0.1, 0.15) is 13.2 Å². The number of hydrogen-bond acceptors (Lipinski definition) is 6. The van der Waals surface area contributed by atoms with Crippen molar-refractivity contribution in [3.05, 3.63) is 60.8 Å². The molecule has 0 aliphatic heterocycles. The Balaban J connectivity index is 4.12. The van der Waals surface area contributed by atoms with Crippen LogP contribution in [0.25, 0.3) is 0 Å². The summed E-state index contributed by atoms with van der Waals surface area (Å²) in [5.74, 6) is -0.859. The van der Waals surface area contributed by atoms with Crippen molar-refractivity contribution in [1.29, 1.82) is 0 Å². The average molecular weight is 1090 g/mol. The maximum Gasteiger partial charge on any atom is 0.306 e. The lowest BCUT2D eigenvalue weighted by Crippen LogP contribution is -2.30. The molecule has 0 N–H and O–H groups in total. The van der Waals surface area contributed by atoms with Gasteiger partial charge in [-0.15, -0.1) is 0 Å². The molecule has 0 aliphatic rings. The highest BCUT2D eigenvalue weighted by Gasteiger charge is 2.19. The van der Waals surface area contributed by atoms with E-state index in [0.717, 1.165) is 77.0 Å². The van der Waals surface area contributed by atoms with E-state index >= 15 is 0 Å². The average Bonchev–Trinajstić information content (AvgIpc) is 3.44. The van der Waals surface area contributed by atoms with Gasteiger partial charge in [0.2, 0.25) is 0 Å². The minimum Gasteiger partial charge on any atom is -0.462 e. The number of hydrogen-bond donors (Lipinski definition) is 0. The first-order chi connectivity index (χ1) is 38.5. The van der Waals surface area contributed by atoms with Gasteiger partial charge in [-0.1, -0.05) is 313 Å². The number of rotatable bonds is 63. The van der Waals surface area contributed by atoms with E-state index in [4.69, 9.17) is 14.2 Å². The van der Waals surface area contributed by atoms with E-state index in [-0.39, 0.29) is 31.1 Å². The van der Waals surface area contributed by atoms with Gasteiger partial charge in [0.15, 0.2) is 6.10 Å². The van der Waals surface area contributed by atoms with Crippen LogP contribution in [-0.4, -0.2) is 37.2 Å². The van der Waals surface area contributed by atoms with Gasteiger partial charge in [0.05, 0.1) is 0 Å². The number of carbonyl (C=O) groups excluding carboxylic acids is 3. The Bertz CT molecular complexity index is 1390. The highest BCUT2D eigenvalue weighted by atomic mass is 16.6. The van der Waals surface area contributed by atoms with Gasteiger partial charge in [0, 0.05) is 19.3 Å². The van der Waals surface area contributed by atoms with Crippen molar-refractivity contribution in [1.82, 2.24) is 0 Å². The van der Waals surface area contributed by atoms with E-state index in [1.165, 1.54) is 244 Å². The van der Waals surface area contributed by atoms with Gasteiger partial charge in [-0.25, -0.2) is 0 Å². The number of carbonyl (C=O) groups is 3. The summed E-state index contributed by atoms with van der Waals surface area (Å²) in [5, 5.41) is 0. The molecule has 0 radical (unpaired) electrons. The fourth-order valence-corrected chi connectivity index (χ4v) is 10.1. The van der Waals surface area contributed by atoms with E-state index in [2.05, 4.69) is 81.5 Å². The summed E-state index contributed by atoms with van der Waals surface area (Å²) < 4.78 is 16.9. The van der Waals surface area contributed by atoms with Crippen molar-refractivity contribution in [2.45, 2.75) is 367 Å². The number of ether oxygens (including phenoxy) is 3. The molecule has 78 heavy (non-hydrogen) atoms. The van der Waals surface area contributed by atoms with E-state index < -0.39 is 6.10 Å². The third-order valence-corrected chi connectivity index (χ3v) is 15.2. The monoisotopic (exact) mass is 1090 g/mol. The first kappa shape index (κ1) is 75.1. The van der Waals surface area contributed by atoms with Crippen molar-refractivity contribution in [2.24, 2.45) is 0 Å². The van der Waals surface area contributed by atoms with Gasteiger partial charge < -0.3 is 14.2 Å². The molecule has 1 unspecified atom stereocenters. The van der Waals surface area contributed by atoms with Crippen LogP contribution in [-0.2, 0) is 28.6 Å². The highest BCUT2D eigenvalue weighted by molar-refractivity contribution is 5.71. The van der Waals surface area contributed by atoms with Crippen LogP contribution in [0.1, 0.15) is 361 Å². The molecule has 1 atom stereocenters. The summed E-state index contributed by atoms with van der Waals surface area (Å²) in [5.41, 5.74) is 0. The molecule has 0 saturated carbocycles. The van der Waals surface area contributed by atoms with Gasteiger partial charge >= 0.3 is 17.9 Å². The summed E-state index contributed by atoms with van der Waals surface area (Å²) in [7, 11) is 0. The molecule has 0 aromatic heterocycles. The number of unbranched alkanes of at least 4 members (excludes halogenated alkanes) is 42. The van der Waals surface area contributed by atoms with Crippen molar-refractivity contribution in [3.8, 4) is 0 Å². The molecule has 0 heterocycles. The molecule has 6 heteroatoms. The molecule has 0 saturated heterocycles. The smallest absolute Gasteiger partial charge is 0.306 e. The second-order valence-corrected chi connectivity index (χ2v) is 23.1.